The summed E-state index contributed by atoms with van der Waals surface area (Å²) in [6.07, 6.45) is 1.16. The summed E-state index contributed by atoms with van der Waals surface area (Å²) < 4.78 is 0. The number of anilines is 1. The lowest BCUT2D eigenvalue weighted by Gasteiger charge is -2.11. The number of hydrogen-bond donors (Lipinski definition) is 1. The van der Waals surface area contributed by atoms with Crippen LogP contribution in [0.25, 0.3) is 11.1 Å². The summed E-state index contributed by atoms with van der Waals surface area (Å²) >= 11 is 0. The molecular weight excluding hydrogens is 232 g/mol. The van der Waals surface area contributed by atoms with Crippen LogP contribution in [-0.4, -0.2) is 32.1 Å². The number of benzene rings is 2. The molecule has 0 aromatic heterocycles. The van der Waals surface area contributed by atoms with Gasteiger partial charge in [0.1, 0.15) is 0 Å². The van der Waals surface area contributed by atoms with Crippen molar-refractivity contribution in [2.45, 2.75) is 6.42 Å². The topological polar surface area (TPSA) is 15.3 Å². The largest absolute Gasteiger partial charge is 0.385 e. The molecule has 0 heterocycles. The molecule has 2 aromatic carbocycles. The van der Waals surface area contributed by atoms with E-state index in [1.807, 2.05) is 6.07 Å². The van der Waals surface area contributed by atoms with Crippen molar-refractivity contribution in [3.05, 3.63) is 54.6 Å². The van der Waals surface area contributed by atoms with Crippen LogP contribution in [0.15, 0.2) is 54.6 Å². The van der Waals surface area contributed by atoms with Gasteiger partial charge in [0.15, 0.2) is 0 Å². The zero-order valence-corrected chi connectivity index (χ0v) is 11.8. The van der Waals surface area contributed by atoms with Gasteiger partial charge in [0.05, 0.1) is 0 Å². The van der Waals surface area contributed by atoms with Crippen molar-refractivity contribution >= 4 is 5.69 Å². The average Bonchev–Trinajstić information content (AvgIpc) is 2.45. The molecule has 0 atom stereocenters. The lowest BCUT2D eigenvalue weighted by atomic mass is 10.1. The van der Waals surface area contributed by atoms with Gasteiger partial charge in [-0.2, -0.15) is 0 Å². The fourth-order valence-corrected chi connectivity index (χ4v) is 2.04. The third-order valence-corrected chi connectivity index (χ3v) is 3.10. The molecule has 0 amide bonds. The first-order valence-corrected chi connectivity index (χ1v) is 6.80. The summed E-state index contributed by atoms with van der Waals surface area (Å²) in [6.45, 7) is 2.14. The Bertz CT molecular complexity index is 474. The molecule has 0 aliphatic carbocycles. The van der Waals surface area contributed by atoms with E-state index in [-0.39, 0.29) is 0 Å². The van der Waals surface area contributed by atoms with Crippen molar-refractivity contribution in [1.82, 2.24) is 4.90 Å². The van der Waals surface area contributed by atoms with E-state index < -0.39 is 0 Å². The highest BCUT2D eigenvalue weighted by molar-refractivity contribution is 5.65. The van der Waals surface area contributed by atoms with Crippen LogP contribution in [0.4, 0.5) is 5.69 Å². The number of hydrogen-bond acceptors (Lipinski definition) is 2. The second kappa shape index (κ2) is 6.95. The van der Waals surface area contributed by atoms with Crippen LogP contribution < -0.4 is 5.32 Å². The molecule has 2 rings (SSSR count). The van der Waals surface area contributed by atoms with Crippen molar-refractivity contribution in [3.8, 4) is 11.1 Å². The molecular formula is C17H22N2. The van der Waals surface area contributed by atoms with Crippen molar-refractivity contribution in [3.63, 3.8) is 0 Å². The second-order valence-electron chi connectivity index (χ2n) is 5.03. The first kappa shape index (κ1) is 13.6. The molecule has 1 N–H and O–H groups in total. The summed E-state index contributed by atoms with van der Waals surface area (Å²) in [4.78, 5) is 2.21. The molecule has 0 bridgehead atoms. The van der Waals surface area contributed by atoms with E-state index in [9.17, 15) is 0 Å². The van der Waals surface area contributed by atoms with Gasteiger partial charge >= 0.3 is 0 Å². The van der Waals surface area contributed by atoms with Crippen LogP contribution in [0.5, 0.6) is 0 Å². The van der Waals surface area contributed by atoms with Crippen molar-refractivity contribution in [2.24, 2.45) is 0 Å². The van der Waals surface area contributed by atoms with Crippen LogP contribution >= 0.6 is 0 Å². The summed E-state index contributed by atoms with van der Waals surface area (Å²) in [5, 5.41) is 3.45. The van der Waals surface area contributed by atoms with Crippen LogP contribution in [0, 0.1) is 0 Å². The van der Waals surface area contributed by atoms with E-state index in [0.29, 0.717) is 0 Å². The SMILES string of the molecule is CN(C)CCCNc1ccc(-c2ccccc2)cc1. The van der Waals surface area contributed by atoms with Gasteiger partial charge in [0, 0.05) is 12.2 Å². The average molecular weight is 254 g/mol. The standard InChI is InChI=1S/C17H22N2/c1-19(2)14-6-13-18-17-11-9-16(10-12-17)15-7-4-3-5-8-15/h3-5,7-12,18H,6,13-14H2,1-2H3. The van der Waals surface area contributed by atoms with Gasteiger partial charge in [0.25, 0.3) is 0 Å². The summed E-state index contributed by atoms with van der Waals surface area (Å²) in [5.74, 6) is 0. The molecule has 0 saturated carbocycles. The molecule has 0 saturated heterocycles. The van der Waals surface area contributed by atoms with Crippen molar-refractivity contribution in [2.75, 3.05) is 32.5 Å². The number of rotatable bonds is 6. The Morgan fingerprint density at radius 2 is 1.47 bits per heavy atom. The number of nitrogens with one attached hydrogen (secondary N) is 1. The summed E-state index contributed by atoms with van der Waals surface area (Å²) in [5.41, 5.74) is 3.72. The van der Waals surface area contributed by atoms with Gasteiger partial charge in [-0.15, -0.1) is 0 Å². The maximum atomic E-state index is 3.45. The van der Waals surface area contributed by atoms with Gasteiger partial charge in [-0.25, -0.2) is 0 Å². The predicted molar refractivity (Wildman–Crippen MR) is 83.5 cm³/mol. The van der Waals surface area contributed by atoms with Crippen LogP contribution in [0.3, 0.4) is 0 Å². The molecule has 2 heteroatoms. The van der Waals surface area contributed by atoms with E-state index in [0.717, 1.165) is 19.5 Å². The summed E-state index contributed by atoms with van der Waals surface area (Å²) in [6, 6.07) is 19.1. The second-order valence-corrected chi connectivity index (χ2v) is 5.03. The van der Waals surface area contributed by atoms with E-state index in [1.165, 1.54) is 16.8 Å². The molecule has 19 heavy (non-hydrogen) atoms. The monoisotopic (exact) mass is 254 g/mol. The molecule has 0 spiro atoms. The van der Waals surface area contributed by atoms with Crippen LogP contribution in [0.2, 0.25) is 0 Å². The highest BCUT2D eigenvalue weighted by Gasteiger charge is 1.97. The minimum atomic E-state index is 1.02. The van der Waals surface area contributed by atoms with E-state index in [2.05, 4.69) is 72.8 Å². The Hall–Kier alpha value is -1.80. The van der Waals surface area contributed by atoms with Gasteiger partial charge in [-0.05, 0) is 50.3 Å². The Morgan fingerprint density at radius 3 is 2.11 bits per heavy atom. The molecule has 0 aliphatic heterocycles. The quantitative estimate of drug-likeness (QED) is 0.790. The Kier molecular flexibility index (Phi) is 4.99. The van der Waals surface area contributed by atoms with E-state index >= 15 is 0 Å². The Morgan fingerprint density at radius 1 is 0.842 bits per heavy atom. The van der Waals surface area contributed by atoms with Crippen LogP contribution in [-0.2, 0) is 0 Å². The lowest BCUT2D eigenvalue weighted by Crippen LogP contribution is -2.16. The van der Waals surface area contributed by atoms with Gasteiger partial charge in [0.2, 0.25) is 0 Å². The smallest absolute Gasteiger partial charge is 0.0340 e. The molecule has 0 radical (unpaired) electrons. The van der Waals surface area contributed by atoms with Gasteiger partial charge < -0.3 is 10.2 Å². The molecule has 100 valence electrons. The van der Waals surface area contributed by atoms with E-state index in [4.69, 9.17) is 0 Å². The molecule has 2 aromatic rings. The zero-order valence-electron chi connectivity index (χ0n) is 11.8. The zero-order chi connectivity index (χ0) is 13.5. The molecule has 0 fully saturated rings. The predicted octanol–water partition coefficient (Wildman–Crippen LogP) is 3.72. The minimum absolute atomic E-state index is 1.02. The Balaban J connectivity index is 1.88. The fourth-order valence-electron chi connectivity index (χ4n) is 2.04. The number of nitrogens with zero attached hydrogens (tertiary/aromatic N) is 1. The molecule has 0 aliphatic rings. The van der Waals surface area contributed by atoms with Gasteiger partial charge in [-0.1, -0.05) is 42.5 Å². The summed E-state index contributed by atoms with van der Waals surface area (Å²) in [7, 11) is 4.21. The maximum Gasteiger partial charge on any atom is 0.0340 e. The maximum absolute atomic E-state index is 3.45. The first-order chi connectivity index (χ1) is 9.25. The first-order valence-electron chi connectivity index (χ1n) is 6.80. The Labute approximate surface area is 116 Å². The molecule has 0 unspecified atom stereocenters. The minimum Gasteiger partial charge on any atom is -0.385 e. The third kappa shape index (κ3) is 4.42. The van der Waals surface area contributed by atoms with Crippen molar-refractivity contribution in [1.29, 1.82) is 0 Å². The van der Waals surface area contributed by atoms with Gasteiger partial charge in [-0.3, -0.25) is 0 Å². The fraction of sp³-hybridized carbons (Fsp3) is 0.294. The highest BCUT2D eigenvalue weighted by atomic mass is 15.1. The van der Waals surface area contributed by atoms with Crippen LogP contribution in [0.1, 0.15) is 6.42 Å². The third-order valence-electron chi connectivity index (χ3n) is 3.10. The van der Waals surface area contributed by atoms with E-state index in [1.54, 1.807) is 0 Å². The molecule has 2 nitrogen and oxygen atoms in total. The normalized spacial score (nSPS) is 10.7. The highest BCUT2D eigenvalue weighted by Crippen LogP contribution is 2.20. The van der Waals surface area contributed by atoms with Crippen molar-refractivity contribution < 1.29 is 0 Å². The lowest BCUT2D eigenvalue weighted by molar-refractivity contribution is 0.405.